The maximum Gasteiger partial charge on any atom is 0.252 e. The van der Waals surface area contributed by atoms with Crippen LogP contribution < -0.4 is 5.32 Å². The van der Waals surface area contributed by atoms with Crippen LogP contribution in [0.5, 0.6) is 0 Å². The summed E-state index contributed by atoms with van der Waals surface area (Å²) in [5.74, 6) is -0.0864. The fraction of sp³-hybridized carbons (Fsp3) is 0.316. The number of rotatable bonds is 7. The van der Waals surface area contributed by atoms with Gasteiger partial charge in [0.25, 0.3) is 5.91 Å². The number of benzene rings is 2. The highest BCUT2D eigenvalue weighted by molar-refractivity contribution is 5.94. The van der Waals surface area contributed by atoms with Crippen molar-refractivity contribution in [3.63, 3.8) is 0 Å². The zero-order chi connectivity index (χ0) is 16.8. The van der Waals surface area contributed by atoms with Crippen molar-refractivity contribution >= 4 is 16.9 Å². The average molecular weight is 322 g/mol. The van der Waals surface area contributed by atoms with Crippen molar-refractivity contribution in [3.05, 3.63) is 60.2 Å². The van der Waals surface area contributed by atoms with Crippen molar-refractivity contribution in [2.75, 3.05) is 0 Å². The van der Waals surface area contributed by atoms with Gasteiger partial charge in [0.05, 0.1) is 5.52 Å². The molecule has 0 saturated heterocycles. The first-order chi connectivity index (χ1) is 11.8. The lowest BCUT2D eigenvalue weighted by Crippen LogP contribution is -2.33. The number of carbonyl (C=O) groups is 1. The van der Waals surface area contributed by atoms with Crippen LogP contribution in [0.2, 0.25) is 0 Å². The molecular weight excluding hydrogens is 300 g/mol. The molecule has 3 aromatic rings. The third-order valence-corrected chi connectivity index (χ3v) is 4.09. The number of unbranched alkanes of at least 4 members (excludes halogenated alkanes) is 2. The summed E-state index contributed by atoms with van der Waals surface area (Å²) in [7, 11) is 0. The number of carbonyl (C=O) groups excluding carboxylic acids is 1. The molecule has 124 valence electrons. The highest BCUT2D eigenvalue weighted by atomic mass is 16.1. The average Bonchev–Trinajstić information content (AvgIpc) is 3.06. The van der Waals surface area contributed by atoms with Crippen LogP contribution in [0.4, 0.5) is 0 Å². The smallest absolute Gasteiger partial charge is 0.252 e. The molecule has 0 aliphatic carbocycles. The summed E-state index contributed by atoms with van der Waals surface area (Å²) < 4.78 is 1.83. The number of nitrogens with zero attached hydrogens (tertiary/aromatic N) is 3. The van der Waals surface area contributed by atoms with Crippen LogP contribution in [0.15, 0.2) is 54.6 Å². The lowest BCUT2D eigenvalue weighted by atomic mass is 10.1. The molecule has 1 atom stereocenters. The topological polar surface area (TPSA) is 59.8 Å². The van der Waals surface area contributed by atoms with Gasteiger partial charge in [-0.25, -0.2) is 4.68 Å². The van der Waals surface area contributed by atoms with Crippen molar-refractivity contribution in [1.29, 1.82) is 0 Å². The highest BCUT2D eigenvalue weighted by Gasteiger charge is 2.18. The number of aromatic nitrogens is 3. The van der Waals surface area contributed by atoms with Crippen LogP contribution in [-0.4, -0.2) is 20.9 Å². The fourth-order valence-corrected chi connectivity index (χ4v) is 2.78. The Kier molecular flexibility index (Phi) is 5.21. The Balaban J connectivity index is 1.84. The Hall–Kier alpha value is -2.69. The number of amides is 1. The van der Waals surface area contributed by atoms with E-state index < -0.39 is 0 Å². The van der Waals surface area contributed by atoms with Gasteiger partial charge in [-0.15, -0.1) is 5.10 Å². The van der Waals surface area contributed by atoms with Gasteiger partial charge >= 0.3 is 0 Å². The first-order valence-electron chi connectivity index (χ1n) is 8.45. The van der Waals surface area contributed by atoms with Gasteiger partial charge in [-0.05, 0) is 37.1 Å². The van der Waals surface area contributed by atoms with Crippen molar-refractivity contribution in [2.24, 2.45) is 0 Å². The van der Waals surface area contributed by atoms with E-state index in [0.717, 1.165) is 36.7 Å². The zero-order valence-electron chi connectivity index (χ0n) is 13.9. The largest absolute Gasteiger partial charge is 0.330 e. The molecule has 5 heteroatoms. The standard InChI is InChI=1S/C19H22N4O/c1-2-3-5-14-18(20-19(24)15-10-6-4-7-11-15)23-17-13-9-8-12-16(17)21-22-23/h4,6-13,18H,2-3,5,14H2,1H3,(H,20,24)/t18-/m1/s1. The van der Waals surface area contributed by atoms with Crippen LogP contribution in [0.25, 0.3) is 11.0 Å². The SMILES string of the molecule is CCCCC[C@H](NC(=O)c1ccccc1)n1nnc2ccccc21. The maximum absolute atomic E-state index is 12.5. The van der Waals surface area contributed by atoms with E-state index in [4.69, 9.17) is 0 Å². The molecule has 5 nitrogen and oxygen atoms in total. The summed E-state index contributed by atoms with van der Waals surface area (Å²) in [6.07, 6.45) is 3.93. The first kappa shape index (κ1) is 16.2. The molecule has 0 unspecified atom stereocenters. The molecular formula is C19H22N4O. The first-order valence-corrected chi connectivity index (χ1v) is 8.45. The quantitative estimate of drug-likeness (QED) is 0.670. The third kappa shape index (κ3) is 3.62. The van der Waals surface area contributed by atoms with Gasteiger partial charge in [-0.1, -0.05) is 55.3 Å². The Bertz CT molecular complexity index is 797. The van der Waals surface area contributed by atoms with Gasteiger partial charge in [0, 0.05) is 5.56 Å². The van der Waals surface area contributed by atoms with E-state index in [1.165, 1.54) is 0 Å². The van der Waals surface area contributed by atoms with E-state index >= 15 is 0 Å². The van der Waals surface area contributed by atoms with E-state index in [0.29, 0.717) is 5.56 Å². The van der Waals surface area contributed by atoms with Crippen LogP contribution in [0.1, 0.15) is 49.1 Å². The minimum absolute atomic E-state index is 0.0864. The Morgan fingerprint density at radius 1 is 1.08 bits per heavy atom. The maximum atomic E-state index is 12.5. The van der Waals surface area contributed by atoms with Gasteiger partial charge in [-0.3, -0.25) is 4.79 Å². The Morgan fingerprint density at radius 3 is 2.62 bits per heavy atom. The molecule has 0 radical (unpaired) electrons. The summed E-state index contributed by atoms with van der Waals surface area (Å²) in [6, 6.07) is 17.1. The molecule has 0 saturated carbocycles. The predicted molar refractivity (Wildman–Crippen MR) is 94.6 cm³/mol. The molecule has 1 amide bonds. The Morgan fingerprint density at radius 2 is 1.83 bits per heavy atom. The fourth-order valence-electron chi connectivity index (χ4n) is 2.78. The molecule has 0 aliphatic rings. The van der Waals surface area contributed by atoms with Crippen LogP contribution in [0.3, 0.4) is 0 Å². The van der Waals surface area contributed by atoms with Crippen molar-refractivity contribution < 1.29 is 4.79 Å². The second kappa shape index (κ2) is 7.73. The molecule has 2 aromatic carbocycles. The van der Waals surface area contributed by atoms with E-state index in [1.54, 1.807) is 0 Å². The van der Waals surface area contributed by atoms with Gasteiger partial charge in [0.15, 0.2) is 0 Å². The van der Waals surface area contributed by atoms with E-state index in [2.05, 4.69) is 22.6 Å². The molecule has 24 heavy (non-hydrogen) atoms. The summed E-state index contributed by atoms with van der Waals surface area (Å²) in [4.78, 5) is 12.5. The molecule has 0 spiro atoms. The van der Waals surface area contributed by atoms with Crippen molar-refractivity contribution in [1.82, 2.24) is 20.3 Å². The van der Waals surface area contributed by atoms with Crippen LogP contribution >= 0.6 is 0 Å². The van der Waals surface area contributed by atoms with E-state index in [1.807, 2.05) is 59.3 Å². The number of hydrogen-bond acceptors (Lipinski definition) is 3. The lowest BCUT2D eigenvalue weighted by molar-refractivity contribution is 0.0912. The lowest BCUT2D eigenvalue weighted by Gasteiger charge is -2.19. The Labute approximate surface area is 141 Å². The number of fused-ring (bicyclic) bond motifs is 1. The van der Waals surface area contributed by atoms with Gasteiger partial charge in [0.1, 0.15) is 11.7 Å². The van der Waals surface area contributed by atoms with E-state index in [9.17, 15) is 4.79 Å². The second-order valence-electron chi connectivity index (χ2n) is 5.87. The van der Waals surface area contributed by atoms with Crippen LogP contribution in [0, 0.1) is 0 Å². The monoisotopic (exact) mass is 322 g/mol. The van der Waals surface area contributed by atoms with Gasteiger partial charge in [-0.2, -0.15) is 0 Å². The predicted octanol–water partition coefficient (Wildman–Crippen LogP) is 3.94. The van der Waals surface area contributed by atoms with Gasteiger partial charge < -0.3 is 5.32 Å². The number of para-hydroxylation sites is 1. The normalized spacial score (nSPS) is 12.2. The summed E-state index contributed by atoms with van der Waals surface area (Å²) in [5.41, 5.74) is 2.43. The molecule has 1 heterocycles. The van der Waals surface area contributed by atoms with E-state index in [-0.39, 0.29) is 12.1 Å². The minimum atomic E-state index is -0.198. The minimum Gasteiger partial charge on any atom is -0.330 e. The van der Waals surface area contributed by atoms with Crippen molar-refractivity contribution in [2.45, 2.75) is 38.8 Å². The van der Waals surface area contributed by atoms with Gasteiger partial charge in [0.2, 0.25) is 0 Å². The molecule has 0 aliphatic heterocycles. The zero-order valence-corrected chi connectivity index (χ0v) is 13.9. The van der Waals surface area contributed by atoms with Crippen LogP contribution in [-0.2, 0) is 0 Å². The second-order valence-corrected chi connectivity index (χ2v) is 5.87. The highest BCUT2D eigenvalue weighted by Crippen LogP contribution is 2.19. The molecule has 0 fully saturated rings. The summed E-state index contributed by atoms with van der Waals surface area (Å²) >= 11 is 0. The summed E-state index contributed by atoms with van der Waals surface area (Å²) in [6.45, 7) is 2.17. The molecule has 1 N–H and O–H groups in total. The number of nitrogens with one attached hydrogen (secondary N) is 1. The molecule has 1 aromatic heterocycles. The van der Waals surface area contributed by atoms with Crippen molar-refractivity contribution in [3.8, 4) is 0 Å². The molecule has 3 rings (SSSR count). The number of hydrogen-bond donors (Lipinski definition) is 1. The summed E-state index contributed by atoms with van der Waals surface area (Å²) in [5, 5.41) is 11.6. The molecule has 0 bridgehead atoms. The third-order valence-electron chi connectivity index (χ3n) is 4.09.